The summed E-state index contributed by atoms with van der Waals surface area (Å²) in [5.41, 5.74) is 12.6. The fraction of sp³-hybridized carbons (Fsp3) is 0.0727. The molecule has 6 nitrogen and oxygen atoms in total. The van der Waals surface area contributed by atoms with Crippen molar-refractivity contribution in [2.24, 2.45) is 0 Å². The minimum absolute atomic E-state index is 0.565. The summed E-state index contributed by atoms with van der Waals surface area (Å²) < 4.78 is 10.9. The number of unbranched alkanes of at least 4 members (excludes halogenated alkanes) is 1. The number of hydrogen-bond acceptors (Lipinski definition) is 4. The maximum atomic E-state index is 6.25. The summed E-state index contributed by atoms with van der Waals surface area (Å²) in [5.74, 6) is 1.80. The molecular weight excluding hydrogens is 747 g/mol. The first kappa shape index (κ1) is 35.1. The van der Waals surface area contributed by atoms with Crippen molar-refractivity contribution in [1.82, 2.24) is 24.1 Å². The monoisotopic (exact) mass is 785 g/mol. The normalized spacial score (nSPS) is 11.9. The molecule has 6 heteroatoms. The molecule has 0 saturated heterocycles. The fourth-order valence-electron chi connectivity index (χ4n) is 9.21. The molecule has 0 N–H and O–H groups in total. The number of hydrogen-bond donors (Lipinski definition) is 0. The van der Waals surface area contributed by atoms with Crippen LogP contribution in [0.15, 0.2) is 186 Å². The van der Waals surface area contributed by atoms with Gasteiger partial charge in [-0.05, 0) is 84.1 Å². The molecule has 8 aromatic carbocycles. The largest absolute Gasteiger partial charge is 0.456 e. The van der Waals surface area contributed by atoms with Gasteiger partial charge in [0.25, 0.3) is 0 Å². The lowest BCUT2D eigenvalue weighted by Gasteiger charge is -2.12. The van der Waals surface area contributed by atoms with E-state index < -0.39 is 0 Å². The molecule has 0 unspecified atom stereocenters. The highest BCUT2D eigenvalue weighted by atomic mass is 16.3. The van der Waals surface area contributed by atoms with E-state index in [9.17, 15) is 0 Å². The summed E-state index contributed by atoms with van der Waals surface area (Å²) in [6, 6.07) is 64.4. The summed E-state index contributed by atoms with van der Waals surface area (Å²) in [6.07, 6.45) is 3.42. The van der Waals surface area contributed by atoms with Crippen LogP contribution in [-0.2, 0) is 6.42 Å². The summed E-state index contributed by atoms with van der Waals surface area (Å²) in [5, 5.41) is 6.84. The van der Waals surface area contributed by atoms with E-state index >= 15 is 0 Å². The highest BCUT2D eigenvalue weighted by Gasteiger charge is 2.22. The fourth-order valence-corrected chi connectivity index (χ4v) is 9.21. The average molecular weight is 786 g/mol. The Kier molecular flexibility index (Phi) is 8.17. The molecule has 61 heavy (non-hydrogen) atoms. The molecule has 0 bridgehead atoms. The van der Waals surface area contributed by atoms with Crippen LogP contribution in [0, 0.1) is 0 Å². The van der Waals surface area contributed by atoms with E-state index in [1.807, 2.05) is 30.3 Å². The zero-order chi connectivity index (χ0) is 40.4. The number of para-hydroxylation sites is 3. The average Bonchev–Trinajstić information content (AvgIpc) is 3.97. The van der Waals surface area contributed by atoms with E-state index in [1.165, 1.54) is 34.7 Å². The van der Waals surface area contributed by atoms with Crippen LogP contribution < -0.4 is 0 Å². The molecule has 4 aromatic heterocycles. The zero-order valence-electron chi connectivity index (χ0n) is 33.6. The maximum absolute atomic E-state index is 6.25. The van der Waals surface area contributed by atoms with Gasteiger partial charge in [0.05, 0.1) is 22.1 Å². The quantitative estimate of drug-likeness (QED) is 0.154. The Morgan fingerprint density at radius 1 is 0.410 bits per heavy atom. The number of nitrogens with zero attached hydrogens (tertiary/aromatic N) is 5. The summed E-state index contributed by atoms with van der Waals surface area (Å²) in [7, 11) is 0. The second-order valence-corrected chi connectivity index (χ2v) is 15.9. The Morgan fingerprint density at radius 3 is 1.80 bits per heavy atom. The van der Waals surface area contributed by atoms with Gasteiger partial charge < -0.3 is 8.98 Å². The van der Waals surface area contributed by atoms with E-state index in [1.54, 1.807) is 0 Å². The van der Waals surface area contributed by atoms with Crippen molar-refractivity contribution in [2.45, 2.75) is 26.2 Å². The van der Waals surface area contributed by atoms with Crippen LogP contribution in [0.1, 0.15) is 25.3 Å². The lowest BCUT2D eigenvalue weighted by Crippen LogP contribution is -2.06. The van der Waals surface area contributed by atoms with Gasteiger partial charge in [-0.15, -0.1) is 0 Å². The predicted octanol–water partition coefficient (Wildman–Crippen LogP) is 14.3. The molecule has 0 aliphatic heterocycles. The second-order valence-electron chi connectivity index (χ2n) is 15.9. The number of benzene rings is 8. The van der Waals surface area contributed by atoms with Crippen LogP contribution in [0.5, 0.6) is 0 Å². The number of rotatable bonds is 8. The minimum atomic E-state index is 0.565. The topological polar surface area (TPSA) is 61.7 Å². The maximum Gasteiger partial charge on any atom is 0.238 e. The SMILES string of the molecule is CCCCc1cccc(-c2cccc(-c3nc(-c4ccccc4)nc(-n4c5ccccc5c5cc6c7ccccc7n(-c7ccc8oc9ccccc9c8c7)c6cc54)n3)c2)c1. The molecular formula is C55H39N5O. The number of fused-ring (bicyclic) bond motifs is 9. The zero-order valence-corrected chi connectivity index (χ0v) is 33.6. The Hall–Kier alpha value is -7.83. The van der Waals surface area contributed by atoms with Crippen LogP contribution in [0.2, 0.25) is 0 Å². The van der Waals surface area contributed by atoms with Crippen molar-refractivity contribution in [3.63, 3.8) is 0 Å². The standard InChI is InChI=1S/C55H39N5O/c1-2-3-15-35-16-13-19-37(30-35)38-20-14-21-39(31-38)54-56-53(36-17-5-4-6-18-36)57-55(58-54)60-48-26-11-8-23-42(48)45-33-44-41-22-7-10-25-47(41)59(49(44)34-50(45)60)40-28-29-52-46(32-40)43-24-9-12-27-51(43)61-52/h4-14,16-34H,2-3,15H2,1H3. The molecule has 0 amide bonds. The van der Waals surface area contributed by atoms with Crippen molar-refractivity contribution < 1.29 is 4.42 Å². The highest BCUT2D eigenvalue weighted by Crippen LogP contribution is 2.41. The molecule has 0 spiro atoms. The molecule has 0 aliphatic carbocycles. The molecule has 0 radical (unpaired) electrons. The van der Waals surface area contributed by atoms with Crippen LogP contribution in [-0.4, -0.2) is 24.1 Å². The first-order chi connectivity index (χ1) is 30.2. The third kappa shape index (κ3) is 5.82. The number of furan rings is 1. The lowest BCUT2D eigenvalue weighted by molar-refractivity contribution is 0.669. The number of aryl methyl sites for hydroxylation is 1. The van der Waals surface area contributed by atoms with Crippen molar-refractivity contribution in [2.75, 3.05) is 0 Å². The van der Waals surface area contributed by atoms with Crippen LogP contribution in [0.4, 0.5) is 0 Å². The van der Waals surface area contributed by atoms with Crippen molar-refractivity contribution in [1.29, 1.82) is 0 Å². The Morgan fingerprint density at radius 2 is 1.02 bits per heavy atom. The predicted molar refractivity (Wildman–Crippen MR) is 251 cm³/mol. The molecule has 4 heterocycles. The second kappa shape index (κ2) is 14.2. The Labute approximate surface area is 352 Å². The molecule has 12 aromatic rings. The third-order valence-corrected chi connectivity index (χ3v) is 12.1. The third-order valence-electron chi connectivity index (χ3n) is 12.1. The molecule has 0 fully saturated rings. The van der Waals surface area contributed by atoms with Gasteiger partial charge in [-0.3, -0.25) is 4.57 Å². The van der Waals surface area contributed by atoms with Gasteiger partial charge >= 0.3 is 0 Å². The van der Waals surface area contributed by atoms with Crippen molar-refractivity contribution in [3.8, 4) is 45.5 Å². The van der Waals surface area contributed by atoms with Gasteiger partial charge in [-0.25, -0.2) is 4.98 Å². The van der Waals surface area contributed by atoms with E-state index in [-0.39, 0.29) is 0 Å². The Bertz CT molecular complexity index is 3650. The molecule has 0 atom stereocenters. The first-order valence-electron chi connectivity index (χ1n) is 21.1. The van der Waals surface area contributed by atoms with Crippen LogP contribution in [0.3, 0.4) is 0 Å². The van der Waals surface area contributed by atoms with E-state index in [4.69, 9.17) is 19.4 Å². The van der Waals surface area contributed by atoms with E-state index in [2.05, 4.69) is 168 Å². The summed E-state index contributed by atoms with van der Waals surface area (Å²) in [6.45, 7) is 2.24. The van der Waals surface area contributed by atoms with Gasteiger partial charge in [0, 0.05) is 49.1 Å². The smallest absolute Gasteiger partial charge is 0.238 e. The molecule has 290 valence electrons. The minimum Gasteiger partial charge on any atom is -0.456 e. The lowest BCUT2D eigenvalue weighted by atomic mass is 9.99. The summed E-state index contributed by atoms with van der Waals surface area (Å²) >= 11 is 0. The van der Waals surface area contributed by atoms with Crippen molar-refractivity contribution >= 4 is 65.6 Å². The van der Waals surface area contributed by atoms with Gasteiger partial charge in [-0.2, -0.15) is 9.97 Å². The summed E-state index contributed by atoms with van der Waals surface area (Å²) in [4.78, 5) is 15.8. The van der Waals surface area contributed by atoms with E-state index in [0.29, 0.717) is 17.6 Å². The first-order valence-corrected chi connectivity index (χ1v) is 21.1. The molecule has 0 saturated carbocycles. The van der Waals surface area contributed by atoms with Gasteiger partial charge in [0.1, 0.15) is 11.2 Å². The molecule has 0 aliphatic rings. The molecule has 12 rings (SSSR count). The van der Waals surface area contributed by atoms with Gasteiger partial charge in [0.15, 0.2) is 11.6 Å². The highest BCUT2D eigenvalue weighted by molar-refractivity contribution is 6.19. The van der Waals surface area contributed by atoms with Crippen LogP contribution in [0.25, 0.3) is 111 Å². The van der Waals surface area contributed by atoms with Gasteiger partial charge in [-0.1, -0.05) is 141 Å². The van der Waals surface area contributed by atoms with Gasteiger partial charge in [0.2, 0.25) is 5.95 Å². The Balaban J connectivity index is 1.10. The van der Waals surface area contributed by atoms with Crippen molar-refractivity contribution in [3.05, 3.63) is 188 Å². The van der Waals surface area contributed by atoms with E-state index in [0.717, 1.165) is 83.6 Å². The number of aromatic nitrogens is 5. The van der Waals surface area contributed by atoms with Crippen LogP contribution >= 0.6 is 0 Å².